The van der Waals surface area contributed by atoms with E-state index in [0.29, 0.717) is 0 Å². The van der Waals surface area contributed by atoms with E-state index < -0.39 is 0 Å². The van der Waals surface area contributed by atoms with Gasteiger partial charge in [0, 0.05) is 53.4 Å². The van der Waals surface area contributed by atoms with Crippen LogP contribution in [-0.4, -0.2) is 69.2 Å². The zero-order valence-electron chi connectivity index (χ0n) is 16.1. The molecule has 1 heterocycles. The monoisotopic (exact) mass is 472 g/mol. The molecule has 2 aliphatic rings. The van der Waals surface area contributed by atoms with Crippen molar-refractivity contribution >= 4 is 29.9 Å². The van der Waals surface area contributed by atoms with E-state index in [0.717, 1.165) is 64.2 Å². The largest absolute Gasteiger partial charge is 0.379 e. The summed E-state index contributed by atoms with van der Waals surface area (Å²) in [7, 11) is 3.92. The Balaban J connectivity index is 0.00000243. The van der Waals surface area contributed by atoms with Crippen LogP contribution in [0.2, 0.25) is 0 Å². The van der Waals surface area contributed by atoms with Crippen molar-refractivity contribution in [2.75, 3.05) is 53.5 Å². The average molecular weight is 472 g/mol. The quantitative estimate of drug-likeness (QED) is 0.273. The van der Waals surface area contributed by atoms with Crippen LogP contribution < -0.4 is 5.32 Å². The molecule has 1 N–H and O–H groups in total. The van der Waals surface area contributed by atoms with Gasteiger partial charge in [-0.2, -0.15) is 0 Å². The highest BCUT2D eigenvalue weighted by Gasteiger charge is 2.21. The molecule has 1 aromatic carbocycles. The van der Waals surface area contributed by atoms with Crippen molar-refractivity contribution in [3.05, 3.63) is 35.4 Å². The third-order valence-corrected chi connectivity index (χ3v) is 5.12. The minimum atomic E-state index is 0. The van der Waals surface area contributed by atoms with Crippen LogP contribution in [0.15, 0.2) is 29.3 Å². The summed E-state index contributed by atoms with van der Waals surface area (Å²) in [4.78, 5) is 9.06. The first-order chi connectivity index (χ1) is 12.3. The summed E-state index contributed by atoms with van der Waals surface area (Å²) >= 11 is 0. The minimum absolute atomic E-state index is 0. The molecule has 0 bridgehead atoms. The number of guanidine groups is 1. The first-order valence-electron chi connectivity index (χ1n) is 9.55. The molecule has 6 heteroatoms. The number of aliphatic imine (C=N–C) groups is 1. The van der Waals surface area contributed by atoms with Gasteiger partial charge in [-0.15, -0.1) is 24.0 Å². The number of hydrogen-bond donors (Lipinski definition) is 1. The topological polar surface area (TPSA) is 40.1 Å². The molecule has 0 unspecified atom stereocenters. The third kappa shape index (κ3) is 6.70. The highest BCUT2D eigenvalue weighted by Crippen LogP contribution is 2.28. The van der Waals surface area contributed by atoms with Crippen LogP contribution in [0.5, 0.6) is 0 Å². The molecular weight excluding hydrogens is 439 g/mol. The Morgan fingerprint density at radius 3 is 2.81 bits per heavy atom. The third-order valence-electron chi connectivity index (χ3n) is 5.12. The number of halogens is 1. The summed E-state index contributed by atoms with van der Waals surface area (Å²) in [5, 5.41) is 3.48. The molecule has 1 aliphatic carbocycles. The predicted molar refractivity (Wildman–Crippen MR) is 118 cm³/mol. The number of nitrogens with zero attached hydrogens (tertiary/aromatic N) is 3. The highest BCUT2D eigenvalue weighted by molar-refractivity contribution is 14.0. The molecule has 0 saturated heterocycles. The predicted octanol–water partition coefficient (Wildman–Crippen LogP) is 2.60. The standard InChI is InChI=1S/C20H32N4O.HI/c1-21-20(23(2)13-14-25-16-17-7-8-17)22-10-12-24-11-9-18-5-3-4-6-19(18)15-24;/h3-6,17H,7-16H2,1-2H3,(H,21,22);1H. The van der Waals surface area contributed by atoms with Crippen LogP contribution in [-0.2, 0) is 17.7 Å². The SMILES string of the molecule is CN=C(NCCN1CCc2ccccc2C1)N(C)CCOCC1CC1.I. The molecule has 1 fully saturated rings. The number of likely N-dealkylation sites (N-methyl/N-ethyl adjacent to an activating group) is 1. The fourth-order valence-corrected chi connectivity index (χ4v) is 3.30. The van der Waals surface area contributed by atoms with Crippen molar-refractivity contribution in [3.8, 4) is 0 Å². The Labute approximate surface area is 175 Å². The molecule has 1 aromatic rings. The van der Waals surface area contributed by atoms with E-state index in [4.69, 9.17) is 4.74 Å². The molecule has 146 valence electrons. The molecule has 0 aromatic heterocycles. The number of ether oxygens (including phenoxy) is 1. The van der Waals surface area contributed by atoms with Gasteiger partial charge in [0.15, 0.2) is 5.96 Å². The van der Waals surface area contributed by atoms with Crippen LogP contribution >= 0.6 is 24.0 Å². The number of hydrogen-bond acceptors (Lipinski definition) is 3. The van der Waals surface area contributed by atoms with Crippen molar-refractivity contribution in [1.29, 1.82) is 0 Å². The van der Waals surface area contributed by atoms with Gasteiger partial charge in [-0.25, -0.2) is 0 Å². The highest BCUT2D eigenvalue weighted by atomic mass is 127. The zero-order chi connectivity index (χ0) is 17.5. The van der Waals surface area contributed by atoms with Gasteiger partial charge in [-0.05, 0) is 36.3 Å². The van der Waals surface area contributed by atoms with Gasteiger partial charge < -0.3 is 15.0 Å². The maximum Gasteiger partial charge on any atom is 0.193 e. The van der Waals surface area contributed by atoms with Gasteiger partial charge in [0.25, 0.3) is 0 Å². The number of benzene rings is 1. The van der Waals surface area contributed by atoms with E-state index in [1.54, 1.807) is 0 Å². The lowest BCUT2D eigenvalue weighted by molar-refractivity contribution is 0.115. The first-order valence-corrected chi connectivity index (χ1v) is 9.55. The molecular formula is C20H33IN4O. The molecule has 5 nitrogen and oxygen atoms in total. The summed E-state index contributed by atoms with van der Waals surface area (Å²) in [5.41, 5.74) is 2.98. The van der Waals surface area contributed by atoms with Crippen LogP contribution in [0.25, 0.3) is 0 Å². The van der Waals surface area contributed by atoms with Gasteiger partial charge >= 0.3 is 0 Å². The number of nitrogens with one attached hydrogen (secondary N) is 1. The van der Waals surface area contributed by atoms with Crippen molar-refractivity contribution in [3.63, 3.8) is 0 Å². The second kappa shape index (κ2) is 11.1. The van der Waals surface area contributed by atoms with Gasteiger partial charge in [-0.3, -0.25) is 9.89 Å². The van der Waals surface area contributed by atoms with E-state index in [1.165, 1.54) is 24.0 Å². The Morgan fingerprint density at radius 2 is 2.08 bits per heavy atom. The van der Waals surface area contributed by atoms with Crippen molar-refractivity contribution < 1.29 is 4.74 Å². The lowest BCUT2D eigenvalue weighted by atomic mass is 10.00. The van der Waals surface area contributed by atoms with E-state index in [-0.39, 0.29) is 24.0 Å². The Hall–Kier alpha value is -0.860. The van der Waals surface area contributed by atoms with Crippen molar-refractivity contribution in [2.45, 2.75) is 25.8 Å². The van der Waals surface area contributed by atoms with Gasteiger partial charge in [0.1, 0.15) is 0 Å². The maximum atomic E-state index is 5.72. The molecule has 0 radical (unpaired) electrons. The Kier molecular flexibility index (Phi) is 9.15. The normalized spacial score (nSPS) is 17.4. The van der Waals surface area contributed by atoms with Crippen LogP contribution in [0.4, 0.5) is 0 Å². The van der Waals surface area contributed by atoms with Crippen molar-refractivity contribution in [1.82, 2.24) is 15.1 Å². The fourth-order valence-electron chi connectivity index (χ4n) is 3.30. The number of rotatable bonds is 8. The summed E-state index contributed by atoms with van der Waals surface area (Å²) in [6.45, 7) is 6.74. The summed E-state index contributed by atoms with van der Waals surface area (Å²) in [6.07, 6.45) is 3.85. The smallest absolute Gasteiger partial charge is 0.193 e. The zero-order valence-corrected chi connectivity index (χ0v) is 18.4. The van der Waals surface area contributed by atoms with E-state index >= 15 is 0 Å². The van der Waals surface area contributed by atoms with Gasteiger partial charge in [0.2, 0.25) is 0 Å². The summed E-state index contributed by atoms with van der Waals surface area (Å²) in [5.74, 6) is 1.78. The molecule has 3 rings (SSSR count). The lowest BCUT2D eigenvalue weighted by Gasteiger charge is -2.29. The first kappa shape index (κ1) is 21.4. The number of fused-ring (bicyclic) bond motifs is 1. The average Bonchev–Trinajstić information content (AvgIpc) is 3.46. The van der Waals surface area contributed by atoms with E-state index in [9.17, 15) is 0 Å². The van der Waals surface area contributed by atoms with Gasteiger partial charge in [-0.1, -0.05) is 24.3 Å². The molecule has 0 spiro atoms. The summed E-state index contributed by atoms with van der Waals surface area (Å²) < 4.78 is 5.72. The second-order valence-corrected chi connectivity index (χ2v) is 7.21. The molecule has 1 saturated carbocycles. The van der Waals surface area contributed by atoms with Crippen LogP contribution in [0, 0.1) is 5.92 Å². The van der Waals surface area contributed by atoms with Crippen LogP contribution in [0.1, 0.15) is 24.0 Å². The van der Waals surface area contributed by atoms with Crippen molar-refractivity contribution in [2.24, 2.45) is 10.9 Å². The molecule has 1 aliphatic heterocycles. The summed E-state index contributed by atoms with van der Waals surface area (Å²) in [6, 6.07) is 8.79. The fraction of sp³-hybridized carbons (Fsp3) is 0.650. The lowest BCUT2D eigenvalue weighted by Crippen LogP contribution is -2.44. The molecule has 0 amide bonds. The van der Waals surface area contributed by atoms with Gasteiger partial charge in [0.05, 0.1) is 6.61 Å². The van der Waals surface area contributed by atoms with Crippen LogP contribution in [0.3, 0.4) is 0 Å². The maximum absolute atomic E-state index is 5.72. The Morgan fingerprint density at radius 1 is 1.31 bits per heavy atom. The molecule has 26 heavy (non-hydrogen) atoms. The second-order valence-electron chi connectivity index (χ2n) is 7.21. The molecule has 0 atom stereocenters. The minimum Gasteiger partial charge on any atom is -0.379 e. The van der Waals surface area contributed by atoms with E-state index in [1.807, 2.05) is 7.05 Å². The Bertz CT molecular complexity index is 577. The van der Waals surface area contributed by atoms with E-state index in [2.05, 4.69) is 51.4 Å².